The maximum atomic E-state index is 12.1. The number of hydrogen-bond donors (Lipinski definition) is 2. The molecule has 0 atom stereocenters. The maximum absolute atomic E-state index is 12.1. The molecule has 0 fully saturated rings. The Morgan fingerprint density at radius 2 is 1.80 bits per heavy atom. The fraction of sp³-hybridized carbons (Fsp3) is 0.600. The number of hydrogen-bond acceptors (Lipinski definition) is 3. The first kappa shape index (κ1) is 15.0. The van der Waals surface area contributed by atoms with Gasteiger partial charge in [-0.2, -0.15) is 0 Å². The molecule has 0 radical (unpaired) electrons. The maximum Gasteiger partial charge on any atom is 0.339 e. The molecule has 110 valence electrons. The van der Waals surface area contributed by atoms with E-state index in [1.807, 2.05) is 20.8 Å². The first-order valence-electron chi connectivity index (χ1n) is 7.00. The van der Waals surface area contributed by atoms with Crippen LogP contribution >= 0.6 is 11.3 Å². The molecule has 1 aliphatic carbocycles. The zero-order valence-electron chi connectivity index (χ0n) is 12.2. The first-order chi connectivity index (χ1) is 9.30. The van der Waals surface area contributed by atoms with Gasteiger partial charge in [-0.25, -0.2) is 4.79 Å². The number of thiophene rings is 1. The Labute approximate surface area is 123 Å². The van der Waals surface area contributed by atoms with E-state index in [-0.39, 0.29) is 5.91 Å². The monoisotopic (exact) mass is 295 g/mol. The molecule has 0 saturated carbocycles. The van der Waals surface area contributed by atoms with Crippen molar-refractivity contribution in [2.24, 2.45) is 5.41 Å². The quantitative estimate of drug-likeness (QED) is 0.818. The van der Waals surface area contributed by atoms with E-state index in [1.54, 1.807) is 0 Å². The van der Waals surface area contributed by atoms with Gasteiger partial charge in [-0.15, -0.1) is 11.3 Å². The summed E-state index contributed by atoms with van der Waals surface area (Å²) in [5, 5.41) is 12.8. The highest BCUT2D eigenvalue weighted by Crippen LogP contribution is 2.38. The third-order valence-corrected chi connectivity index (χ3v) is 4.75. The zero-order valence-corrected chi connectivity index (χ0v) is 13.0. The molecule has 0 bridgehead atoms. The number of fused-ring (bicyclic) bond motifs is 1. The Hall–Kier alpha value is -1.36. The lowest BCUT2D eigenvalue weighted by Crippen LogP contribution is -2.28. The number of carbonyl (C=O) groups excluding carboxylic acids is 1. The van der Waals surface area contributed by atoms with Gasteiger partial charge in [0.2, 0.25) is 5.91 Å². The van der Waals surface area contributed by atoms with Crippen LogP contribution in [-0.4, -0.2) is 17.0 Å². The van der Waals surface area contributed by atoms with E-state index < -0.39 is 11.4 Å². The predicted molar refractivity (Wildman–Crippen MR) is 80.6 cm³/mol. The minimum Gasteiger partial charge on any atom is -0.478 e. The molecule has 1 aromatic heterocycles. The van der Waals surface area contributed by atoms with Crippen LogP contribution in [0, 0.1) is 5.41 Å². The first-order valence-corrected chi connectivity index (χ1v) is 7.81. The van der Waals surface area contributed by atoms with Crippen molar-refractivity contribution in [2.45, 2.75) is 52.9 Å². The van der Waals surface area contributed by atoms with Gasteiger partial charge in [-0.3, -0.25) is 4.79 Å². The average molecular weight is 295 g/mol. The highest BCUT2D eigenvalue weighted by Gasteiger charge is 2.28. The minimum absolute atomic E-state index is 0.142. The number of aryl methyl sites for hydroxylation is 1. The summed E-state index contributed by atoms with van der Waals surface area (Å²) in [5.41, 5.74) is 0.714. The number of carbonyl (C=O) groups is 2. The molecule has 0 saturated heterocycles. The Bertz CT molecular complexity index is 540. The third-order valence-electron chi connectivity index (χ3n) is 3.54. The smallest absolute Gasteiger partial charge is 0.339 e. The Morgan fingerprint density at radius 1 is 1.15 bits per heavy atom. The molecule has 5 heteroatoms. The van der Waals surface area contributed by atoms with Crippen LogP contribution in [0.5, 0.6) is 0 Å². The molecule has 0 unspecified atom stereocenters. The fourth-order valence-electron chi connectivity index (χ4n) is 2.35. The number of carboxylic acids is 1. The van der Waals surface area contributed by atoms with Gasteiger partial charge >= 0.3 is 5.97 Å². The van der Waals surface area contributed by atoms with E-state index >= 15 is 0 Å². The molecular formula is C15H21NO3S. The second-order valence-electron chi connectivity index (χ2n) is 6.28. The summed E-state index contributed by atoms with van der Waals surface area (Å²) >= 11 is 1.44. The van der Waals surface area contributed by atoms with E-state index in [0.717, 1.165) is 42.5 Å². The largest absolute Gasteiger partial charge is 0.478 e. The molecule has 0 aliphatic heterocycles. The summed E-state index contributed by atoms with van der Waals surface area (Å²) in [7, 11) is 0. The molecule has 1 heterocycles. The lowest BCUT2D eigenvalue weighted by molar-refractivity contribution is -0.123. The summed E-state index contributed by atoms with van der Waals surface area (Å²) < 4.78 is 0. The molecule has 4 nitrogen and oxygen atoms in total. The van der Waals surface area contributed by atoms with Crippen molar-refractivity contribution in [1.29, 1.82) is 0 Å². The van der Waals surface area contributed by atoms with Gasteiger partial charge in [-0.05, 0) is 31.2 Å². The van der Waals surface area contributed by atoms with Gasteiger partial charge in [0.15, 0.2) is 0 Å². The van der Waals surface area contributed by atoms with E-state index in [4.69, 9.17) is 0 Å². The number of anilines is 1. The van der Waals surface area contributed by atoms with E-state index in [1.165, 1.54) is 11.3 Å². The van der Waals surface area contributed by atoms with E-state index in [2.05, 4.69) is 5.32 Å². The lowest BCUT2D eigenvalue weighted by atomic mass is 9.95. The normalized spacial score (nSPS) is 15.3. The van der Waals surface area contributed by atoms with Gasteiger partial charge in [0.05, 0.1) is 5.56 Å². The molecule has 2 N–H and O–H groups in total. The van der Waals surface area contributed by atoms with Crippen molar-refractivity contribution in [1.82, 2.24) is 0 Å². The van der Waals surface area contributed by atoms with Crippen LogP contribution in [0.3, 0.4) is 0 Å². The fourth-order valence-corrected chi connectivity index (χ4v) is 3.62. The highest BCUT2D eigenvalue weighted by molar-refractivity contribution is 7.17. The number of carboxylic acid groups (broad SMARTS) is 1. The van der Waals surface area contributed by atoms with Crippen LogP contribution in [-0.2, 0) is 17.6 Å². The molecule has 1 aromatic rings. The van der Waals surface area contributed by atoms with E-state index in [9.17, 15) is 14.7 Å². The molecule has 0 aromatic carbocycles. The van der Waals surface area contributed by atoms with Gasteiger partial charge in [0.1, 0.15) is 5.00 Å². The summed E-state index contributed by atoms with van der Waals surface area (Å²) in [5.74, 6) is -1.08. The topological polar surface area (TPSA) is 66.4 Å². The van der Waals surface area contributed by atoms with Gasteiger partial charge in [0, 0.05) is 10.3 Å². The molecule has 1 amide bonds. The second kappa shape index (κ2) is 5.56. The van der Waals surface area contributed by atoms with Crippen molar-refractivity contribution < 1.29 is 14.7 Å². The van der Waals surface area contributed by atoms with Crippen LogP contribution in [0.4, 0.5) is 5.00 Å². The summed E-state index contributed by atoms with van der Waals surface area (Å²) in [4.78, 5) is 24.8. The van der Waals surface area contributed by atoms with Gasteiger partial charge < -0.3 is 10.4 Å². The van der Waals surface area contributed by atoms with Crippen molar-refractivity contribution in [3.63, 3.8) is 0 Å². The van der Waals surface area contributed by atoms with E-state index in [0.29, 0.717) is 10.6 Å². The zero-order chi connectivity index (χ0) is 14.9. The number of amides is 1. The van der Waals surface area contributed by atoms with Crippen molar-refractivity contribution in [2.75, 3.05) is 5.32 Å². The summed E-state index contributed by atoms with van der Waals surface area (Å²) in [6.45, 7) is 5.46. The van der Waals surface area contributed by atoms with Crippen molar-refractivity contribution >= 4 is 28.2 Å². The average Bonchev–Trinajstić information content (AvgIpc) is 2.51. The molecule has 2 rings (SSSR count). The highest BCUT2D eigenvalue weighted by atomic mass is 32.1. The van der Waals surface area contributed by atoms with Gasteiger partial charge in [-0.1, -0.05) is 27.2 Å². The van der Waals surface area contributed by atoms with Crippen LogP contribution < -0.4 is 5.32 Å². The number of aromatic carboxylic acids is 1. The molecule has 1 aliphatic rings. The Kier molecular flexibility index (Phi) is 4.18. The van der Waals surface area contributed by atoms with Crippen molar-refractivity contribution in [3.8, 4) is 0 Å². The minimum atomic E-state index is -0.936. The Balaban J connectivity index is 2.38. The Morgan fingerprint density at radius 3 is 2.40 bits per heavy atom. The van der Waals surface area contributed by atoms with Crippen LogP contribution in [0.2, 0.25) is 0 Å². The molecular weight excluding hydrogens is 274 g/mol. The lowest BCUT2D eigenvalue weighted by Gasteiger charge is -2.17. The van der Waals surface area contributed by atoms with Crippen molar-refractivity contribution in [3.05, 3.63) is 16.0 Å². The number of nitrogens with one attached hydrogen (secondary N) is 1. The molecule has 20 heavy (non-hydrogen) atoms. The predicted octanol–water partition coefficient (Wildman–Crippen LogP) is 3.70. The third kappa shape index (κ3) is 3.03. The number of rotatable bonds is 2. The van der Waals surface area contributed by atoms with Crippen LogP contribution in [0.25, 0.3) is 0 Å². The van der Waals surface area contributed by atoms with Gasteiger partial charge in [0.25, 0.3) is 0 Å². The second-order valence-corrected chi connectivity index (χ2v) is 7.38. The van der Waals surface area contributed by atoms with Crippen LogP contribution in [0.15, 0.2) is 0 Å². The van der Waals surface area contributed by atoms with Crippen LogP contribution in [0.1, 0.15) is 60.8 Å². The summed E-state index contributed by atoms with van der Waals surface area (Å²) in [6.07, 6.45) is 4.99. The standard InChI is InChI=1S/C15H21NO3S/c1-15(2,3)14(19)16-12-11(13(17)18)9-7-5-4-6-8-10(9)20-12/h4-8H2,1-3H3,(H,16,19)(H,17,18). The molecule has 0 spiro atoms. The summed E-state index contributed by atoms with van der Waals surface area (Å²) in [6, 6.07) is 0. The SMILES string of the molecule is CC(C)(C)C(=O)Nc1sc2c(c1C(=O)O)CCCCC2.